The van der Waals surface area contributed by atoms with Crippen molar-refractivity contribution in [1.82, 2.24) is 20.5 Å². The van der Waals surface area contributed by atoms with Gasteiger partial charge in [-0.15, -0.1) is 11.3 Å². The molecule has 1 aliphatic rings. The van der Waals surface area contributed by atoms with Gasteiger partial charge in [0.15, 0.2) is 0 Å². The number of carbonyl (C=O) groups is 3. The zero-order valence-electron chi connectivity index (χ0n) is 16.4. The molecule has 3 rings (SSSR count). The molecule has 160 valence electrons. The van der Waals surface area contributed by atoms with Crippen LogP contribution in [0.4, 0.5) is 0 Å². The number of carboxylic acids is 1. The lowest BCUT2D eigenvalue weighted by atomic mass is 10.1. The molecule has 2 aromatic rings. The number of carbonyl (C=O) groups excluding carboxylic acids is 2. The summed E-state index contributed by atoms with van der Waals surface area (Å²) >= 11 is 1.47. The number of morpholine rings is 1. The topological polar surface area (TPSA) is 121 Å². The molecular weight excluding hydrogens is 408 g/mol. The van der Waals surface area contributed by atoms with Crippen LogP contribution in [0.5, 0.6) is 0 Å². The van der Waals surface area contributed by atoms with Crippen molar-refractivity contribution < 1.29 is 24.2 Å². The molecule has 1 aliphatic heterocycles. The monoisotopic (exact) mass is 432 g/mol. The van der Waals surface area contributed by atoms with Gasteiger partial charge in [0.2, 0.25) is 11.8 Å². The predicted octanol–water partition coefficient (Wildman–Crippen LogP) is 0.502. The quantitative estimate of drug-likeness (QED) is 0.528. The largest absolute Gasteiger partial charge is 0.480 e. The molecule has 2 amide bonds. The van der Waals surface area contributed by atoms with Gasteiger partial charge >= 0.3 is 5.97 Å². The molecule has 3 N–H and O–H groups in total. The van der Waals surface area contributed by atoms with Crippen LogP contribution in [0.2, 0.25) is 0 Å². The molecule has 0 bridgehead atoms. The van der Waals surface area contributed by atoms with E-state index in [2.05, 4.69) is 32.7 Å². The van der Waals surface area contributed by atoms with E-state index in [1.807, 2.05) is 17.5 Å². The number of nitrogens with one attached hydrogen (secondary N) is 2. The number of aliphatic carboxylic acids is 1. The lowest BCUT2D eigenvalue weighted by Gasteiger charge is -2.26. The summed E-state index contributed by atoms with van der Waals surface area (Å²) in [7, 11) is 0. The average Bonchev–Trinajstić information content (AvgIpc) is 3.20. The van der Waals surface area contributed by atoms with E-state index in [-0.39, 0.29) is 18.9 Å². The maximum atomic E-state index is 12.0. The Labute approximate surface area is 178 Å². The molecule has 1 fully saturated rings. The van der Waals surface area contributed by atoms with Crippen LogP contribution in [-0.2, 0) is 32.1 Å². The molecule has 10 heteroatoms. The Morgan fingerprint density at radius 3 is 2.67 bits per heavy atom. The first-order valence-electron chi connectivity index (χ1n) is 9.58. The number of nitrogens with zero attached hydrogens (tertiary/aromatic N) is 2. The number of ether oxygens (including phenoxy) is 1. The van der Waals surface area contributed by atoms with Crippen LogP contribution >= 0.6 is 11.3 Å². The molecule has 1 aromatic carbocycles. The highest BCUT2D eigenvalue weighted by molar-refractivity contribution is 7.13. The standard InChI is InChI=1S/C20H24N4O5S/c25-17(21-10-18(26)22-11-19(27)28)9-16-13-30-20(23-16)15-3-1-2-14(8-15)12-24-4-6-29-7-5-24/h1-3,8,13H,4-7,9-12H2,(H,21,25)(H,22,26)(H,27,28). The molecule has 30 heavy (non-hydrogen) atoms. The Kier molecular flexibility index (Phi) is 7.89. The summed E-state index contributed by atoms with van der Waals surface area (Å²) < 4.78 is 5.39. The fourth-order valence-electron chi connectivity index (χ4n) is 2.98. The molecule has 0 atom stereocenters. The molecule has 9 nitrogen and oxygen atoms in total. The van der Waals surface area contributed by atoms with Crippen molar-refractivity contribution in [3.8, 4) is 10.6 Å². The van der Waals surface area contributed by atoms with Gasteiger partial charge in [0.25, 0.3) is 0 Å². The Morgan fingerprint density at radius 2 is 1.90 bits per heavy atom. The summed E-state index contributed by atoms with van der Waals surface area (Å²) in [5.41, 5.74) is 2.83. The molecule has 0 aliphatic carbocycles. The second-order valence-electron chi connectivity index (χ2n) is 6.86. The molecular formula is C20H24N4O5S. The van der Waals surface area contributed by atoms with Gasteiger partial charge in [-0.05, 0) is 11.6 Å². The van der Waals surface area contributed by atoms with Crippen molar-refractivity contribution >= 4 is 29.1 Å². The summed E-state index contributed by atoms with van der Waals surface area (Å²) in [5.74, 6) is -2.04. The summed E-state index contributed by atoms with van der Waals surface area (Å²) in [6, 6.07) is 8.22. The Hall–Kier alpha value is -2.82. The molecule has 0 unspecified atom stereocenters. The van der Waals surface area contributed by atoms with Gasteiger partial charge in [0.05, 0.1) is 31.9 Å². The van der Waals surface area contributed by atoms with Crippen molar-refractivity contribution in [2.45, 2.75) is 13.0 Å². The summed E-state index contributed by atoms with van der Waals surface area (Å²) in [6.07, 6.45) is 0.0518. The molecule has 2 heterocycles. The second-order valence-corrected chi connectivity index (χ2v) is 7.71. The second kappa shape index (κ2) is 10.8. The minimum absolute atomic E-state index is 0.0518. The summed E-state index contributed by atoms with van der Waals surface area (Å²) in [6.45, 7) is 3.49. The molecule has 1 saturated heterocycles. The van der Waals surface area contributed by atoms with E-state index in [4.69, 9.17) is 9.84 Å². The van der Waals surface area contributed by atoms with E-state index >= 15 is 0 Å². The van der Waals surface area contributed by atoms with Gasteiger partial charge in [-0.25, -0.2) is 4.98 Å². The number of aromatic nitrogens is 1. The normalized spacial score (nSPS) is 14.3. The van der Waals surface area contributed by atoms with Crippen molar-refractivity contribution in [1.29, 1.82) is 0 Å². The molecule has 1 aromatic heterocycles. The lowest BCUT2D eigenvalue weighted by molar-refractivity contribution is -0.137. The van der Waals surface area contributed by atoms with Crippen LogP contribution in [0.3, 0.4) is 0 Å². The van der Waals surface area contributed by atoms with E-state index in [1.54, 1.807) is 0 Å². The van der Waals surface area contributed by atoms with E-state index in [9.17, 15) is 14.4 Å². The third-order valence-corrected chi connectivity index (χ3v) is 5.40. The van der Waals surface area contributed by atoms with Crippen molar-refractivity contribution in [3.05, 3.63) is 40.9 Å². The van der Waals surface area contributed by atoms with Crippen LogP contribution in [0, 0.1) is 0 Å². The number of benzene rings is 1. The first kappa shape index (κ1) is 21.9. The maximum Gasteiger partial charge on any atom is 0.322 e. The van der Waals surface area contributed by atoms with Crippen LogP contribution in [0.1, 0.15) is 11.3 Å². The smallest absolute Gasteiger partial charge is 0.322 e. The lowest BCUT2D eigenvalue weighted by Crippen LogP contribution is -2.39. The number of hydrogen-bond acceptors (Lipinski definition) is 7. The van der Waals surface area contributed by atoms with Gasteiger partial charge in [0, 0.05) is 30.6 Å². The third kappa shape index (κ3) is 6.90. The molecule has 0 radical (unpaired) electrons. The predicted molar refractivity (Wildman–Crippen MR) is 111 cm³/mol. The average molecular weight is 433 g/mol. The van der Waals surface area contributed by atoms with Crippen molar-refractivity contribution in [3.63, 3.8) is 0 Å². The van der Waals surface area contributed by atoms with Crippen LogP contribution in [0.15, 0.2) is 29.6 Å². The Bertz CT molecular complexity index is 895. The highest BCUT2D eigenvalue weighted by Gasteiger charge is 2.13. The van der Waals surface area contributed by atoms with Gasteiger partial charge in [-0.1, -0.05) is 18.2 Å². The SMILES string of the molecule is O=C(O)CNC(=O)CNC(=O)Cc1csc(-c2cccc(CN3CCOCC3)c2)n1. The minimum atomic E-state index is -1.14. The highest BCUT2D eigenvalue weighted by Crippen LogP contribution is 2.25. The van der Waals surface area contributed by atoms with Crippen LogP contribution in [0.25, 0.3) is 10.6 Å². The number of rotatable bonds is 9. The van der Waals surface area contributed by atoms with Crippen molar-refractivity contribution in [2.75, 3.05) is 39.4 Å². The first-order chi connectivity index (χ1) is 14.5. The number of hydrogen-bond donors (Lipinski definition) is 3. The van der Waals surface area contributed by atoms with E-state index in [1.165, 1.54) is 16.9 Å². The van der Waals surface area contributed by atoms with E-state index in [0.717, 1.165) is 43.4 Å². The van der Waals surface area contributed by atoms with Gasteiger partial charge in [0.1, 0.15) is 11.6 Å². The fraction of sp³-hybridized carbons (Fsp3) is 0.400. The first-order valence-corrected chi connectivity index (χ1v) is 10.5. The molecule has 0 spiro atoms. The van der Waals surface area contributed by atoms with E-state index < -0.39 is 18.4 Å². The highest BCUT2D eigenvalue weighted by atomic mass is 32.1. The van der Waals surface area contributed by atoms with Crippen molar-refractivity contribution in [2.24, 2.45) is 0 Å². The number of carboxylic acid groups (broad SMARTS) is 1. The molecule has 0 saturated carbocycles. The minimum Gasteiger partial charge on any atom is -0.480 e. The zero-order chi connectivity index (χ0) is 21.3. The van der Waals surface area contributed by atoms with Crippen LogP contribution in [-0.4, -0.2) is 72.2 Å². The van der Waals surface area contributed by atoms with E-state index in [0.29, 0.717) is 5.69 Å². The maximum absolute atomic E-state index is 12.0. The number of amides is 2. The Morgan fingerprint density at radius 1 is 1.13 bits per heavy atom. The summed E-state index contributed by atoms with van der Waals surface area (Å²) in [5, 5.41) is 15.8. The fourth-order valence-corrected chi connectivity index (χ4v) is 3.80. The van der Waals surface area contributed by atoms with Gasteiger partial charge in [-0.3, -0.25) is 19.3 Å². The zero-order valence-corrected chi connectivity index (χ0v) is 17.2. The van der Waals surface area contributed by atoms with Gasteiger partial charge < -0.3 is 20.5 Å². The third-order valence-electron chi connectivity index (χ3n) is 4.46. The van der Waals surface area contributed by atoms with Gasteiger partial charge in [-0.2, -0.15) is 0 Å². The van der Waals surface area contributed by atoms with Crippen LogP contribution < -0.4 is 10.6 Å². The Balaban J connectivity index is 1.51. The summed E-state index contributed by atoms with van der Waals surface area (Å²) in [4.78, 5) is 40.8. The number of thiazole rings is 1.